The molecule has 1 aliphatic carbocycles. The third-order valence-electron chi connectivity index (χ3n) is 8.00. The molecule has 34 heavy (non-hydrogen) atoms. The fourth-order valence-electron chi connectivity index (χ4n) is 5.89. The standard InChI is InChI=1S/C26H34N6O2/c1-19-15-22(31-14-13-27-23(33)17-31)28-16-21(19)32-18-25(29-24(32)34)9-11-26(12-10-25,30(2)3)20-7-5-4-6-8-20/h4-8,15-16H,9-14,17-18H2,1-3H3,(H,27,33)(H,29,34). The summed E-state index contributed by atoms with van der Waals surface area (Å²) in [6.45, 7) is 4.33. The first kappa shape index (κ1) is 22.7. The lowest BCUT2D eigenvalue weighted by Crippen LogP contribution is -2.54. The molecule has 2 aromatic rings. The summed E-state index contributed by atoms with van der Waals surface area (Å²) in [7, 11) is 4.32. The molecule has 0 bridgehead atoms. The normalized spacial score (nSPS) is 27.3. The molecule has 0 unspecified atom stereocenters. The molecule has 8 nitrogen and oxygen atoms in total. The van der Waals surface area contributed by atoms with Gasteiger partial charge in [-0.25, -0.2) is 9.78 Å². The molecule has 3 aliphatic rings. The molecule has 2 aliphatic heterocycles. The van der Waals surface area contributed by atoms with Gasteiger partial charge in [0.15, 0.2) is 0 Å². The number of pyridine rings is 1. The van der Waals surface area contributed by atoms with Gasteiger partial charge in [0.1, 0.15) is 5.82 Å². The number of anilines is 2. The number of amides is 3. The molecule has 0 atom stereocenters. The van der Waals surface area contributed by atoms with Crippen LogP contribution in [-0.4, -0.2) is 67.6 Å². The van der Waals surface area contributed by atoms with Crippen molar-refractivity contribution in [1.82, 2.24) is 20.5 Å². The zero-order chi connectivity index (χ0) is 23.9. The first-order valence-electron chi connectivity index (χ1n) is 12.1. The molecule has 8 heteroatoms. The number of carbonyl (C=O) groups is 2. The Balaban J connectivity index is 1.33. The summed E-state index contributed by atoms with van der Waals surface area (Å²) in [5, 5.41) is 6.18. The third kappa shape index (κ3) is 3.90. The van der Waals surface area contributed by atoms with Crippen LogP contribution in [0.2, 0.25) is 0 Å². The van der Waals surface area contributed by atoms with Crippen molar-refractivity contribution in [1.29, 1.82) is 0 Å². The third-order valence-corrected chi connectivity index (χ3v) is 8.00. The maximum Gasteiger partial charge on any atom is 0.322 e. The number of aromatic nitrogens is 1. The van der Waals surface area contributed by atoms with Gasteiger partial charge in [0.2, 0.25) is 5.91 Å². The number of nitrogens with one attached hydrogen (secondary N) is 2. The number of carbonyl (C=O) groups excluding carboxylic acids is 2. The molecule has 3 fully saturated rings. The Labute approximate surface area is 201 Å². The van der Waals surface area contributed by atoms with Gasteiger partial charge in [-0.05, 0) is 63.9 Å². The summed E-state index contributed by atoms with van der Waals surface area (Å²) in [5.41, 5.74) is 2.95. The largest absolute Gasteiger partial charge is 0.353 e. The van der Waals surface area contributed by atoms with Crippen molar-refractivity contribution >= 4 is 23.4 Å². The summed E-state index contributed by atoms with van der Waals surface area (Å²) in [5.74, 6) is 0.791. The van der Waals surface area contributed by atoms with E-state index in [1.165, 1.54) is 5.56 Å². The fraction of sp³-hybridized carbons (Fsp3) is 0.500. The second-order valence-electron chi connectivity index (χ2n) is 10.2. The zero-order valence-corrected chi connectivity index (χ0v) is 20.3. The van der Waals surface area contributed by atoms with Crippen molar-refractivity contribution in [3.8, 4) is 0 Å². The monoisotopic (exact) mass is 462 g/mol. The highest BCUT2D eigenvalue weighted by atomic mass is 16.2. The highest BCUT2D eigenvalue weighted by Crippen LogP contribution is 2.46. The number of urea groups is 1. The first-order chi connectivity index (χ1) is 16.3. The van der Waals surface area contributed by atoms with Gasteiger partial charge in [-0.3, -0.25) is 14.6 Å². The van der Waals surface area contributed by atoms with Gasteiger partial charge in [-0.15, -0.1) is 0 Å². The highest BCUT2D eigenvalue weighted by molar-refractivity contribution is 5.96. The predicted molar refractivity (Wildman–Crippen MR) is 133 cm³/mol. The van der Waals surface area contributed by atoms with Crippen molar-refractivity contribution in [2.45, 2.75) is 43.7 Å². The Kier molecular flexibility index (Phi) is 5.72. The molecule has 2 N–H and O–H groups in total. The number of piperazine rings is 1. The van der Waals surface area contributed by atoms with Gasteiger partial charge in [-0.1, -0.05) is 30.3 Å². The van der Waals surface area contributed by atoms with Crippen molar-refractivity contribution in [3.63, 3.8) is 0 Å². The van der Waals surface area contributed by atoms with E-state index in [9.17, 15) is 9.59 Å². The van der Waals surface area contributed by atoms with Crippen molar-refractivity contribution in [2.75, 3.05) is 50.1 Å². The lowest BCUT2D eigenvalue weighted by Gasteiger charge is -2.48. The van der Waals surface area contributed by atoms with E-state index in [0.717, 1.165) is 49.3 Å². The minimum atomic E-state index is -0.221. The van der Waals surface area contributed by atoms with Crippen LogP contribution in [-0.2, 0) is 10.3 Å². The van der Waals surface area contributed by atoms with Crippen LogP contribution >= 0.6 is 0 Å². The average molecular weight is 463 g/mol. The van der Waals surface area contributed by atoms with E-state index in [2.05, 4.69) is 64.9 Å². The van der Waals surface area contributed by atoms with Gasteiger partial charge in [0.25, 0.3) is 0 Å². The van der Waals surface area contributed by atoms with Crippen LogP contribution < -0.4 is 20.4 Å². The maximum absolute atomic E-state index is 13.1. The van der Waals surface area contributed by atoms with Crippen LogP contribution in [0.3, 0.4) is 0 Å². The van der Waals surface area contributed by atoms with Crippen LogP contribution in [0.25, 0.3) is 0 Å². The summed E-state index contributed by atoms with van der Waals surface area (Å²) < 4.78 is 0. The maximum atomic E-state index is 13.1. The summed E-state index contributed by atoms with van der Waals surface area (Å²) >= 11 is 0. The number of nitrogens with zero attached hydrogens (tertiary/aromatic N) is 4. The Bertz CT molecular complexity index is 1080. The number of benzene rings is 1. The topological polar surface area (TPSA) is 80.8 Å². The summed E-state index contributed by atoms with van der Waals surface area (Å²) in [6.07, 6.45) is 5.62. The van der Waals surface area contributed by atoms with E-state index in [1.807, 2.05) is 22.8 Å². The molecule has 1 saturated carbocycles. The Morgan fingerprint density at radius 2 is 1.79 bits per heavy atom. The van der Waals surface area contributed by atoms with Gasteiger partial charge < -0.3 is 15.5 Å². The number of rotatable bonds is 4. The van der Waals surface area contributed by atoms with E-state index < -0.39 is 0 Å². The van der Waals surface area contributed by atoms with Crippen LogP contribution in [0, 0.1) is 6.92 Å². The van der Waals surface area contributed by atoms with Crippen LogP contribution in [0.1, 0.15) is 36.8 Å². The lowest BCUT2D eigenvalue weighted by molar-refractivity contribution is -0.120. The summed E-state index contributed by atoms with van der Waals surface area (Å²) in [6, 6.07) is 12.7. The molecule has 3 amide bonds. The highest BCUT2D eigenvalue weighted by Gasteiger charge is 2.50. The van der Waals surface area contributed by atoms with E-state index in [-0.39, 0.29) is 23.0 Å². The molecular formula is C26H34N6O2. The van der Waals surface area contributed by atoms with E-state index in [4.69, 9.17) is 0 Å². The molecule has 2 saturated heterocycles. The van der Waals surface area contributed by atoms with E-state index in [0.29, 0.717) is 19.6 Å². The predicted octanol–water partition coefficient (Wildman–Crippen LogP) is 2.63. The molecule has 0 radical (unpaired) electrons. The van der Waals surface area contributed by atoms with Gasteiger partial charge >= 0.3 is 6.03 Å². The average Bonchev–Trinajstić information content (AvgIpc) is 3.15. The van der Waals surface area contributed by atoms with Crippen molar-refractivity contribution in [2.24, 2.45) is 0 Å². The molecular weight excluding hydrogens is 428 g/mol. The molecule has 1 spiro atoms. The Morgan fingerprint density at radius 3 is 2.44 bits per heavy atom. The first-order valence-corrected chi connectivity index (χ1v) is 12.1. The van der Waals surface area contributed by atoms with Gasteiger partial charge in [0, 0.05) is 18.6 Å². The van der Waals surface area contributed by atoms with Crippen molar-refractivity contribution in [3.05, 3.63) is 53.7 Å². The van der Waals surface area contributed by atoms with Crippen LogP contribution in [0.5, 0.6) is 0 Å². The molecule has 180 valence electrons. The minimum absolute atomic E-state index is 0.00941. The van der Waals surface area contributed by atoms with E-state index in [1.54, 1.807) is 6.20 Å². The Morgan fingerprint density at radius 1 is 1.06 bits per heavy atom. The quantitative estimate of drug-likeness (QED) is 0.730. The zero-order valence-electron chi connectivity index (χ0n) is 20.3. The lowest BCUT2D eigenvalue weighted by atomic mass is 9.69. The minimum Gasteiger partial charge on any atom is -0.353 e. The number of aryl methyl sites for hydroxylation is 1. The van der Waals surface area contributed by atoms with Gasteiger partial charge in [-0.2, -0.15) is 0 Å². The fourth-order valence-corrected chi connectivity index (χ4v) is 5.89. The van der Waals surface area contributed by atoms with Crippen LogP contribution in [0.4, 0.5) is 16.3 Å². The van der Waals surface area contributed by atoms with Gasteiger partial charge in [0.05, 0.1) is 30.5 Å². The number of hydrogen-bond donors (Lipinski definition) is 2. The molecule has 1 aromatic carbocycles. The summed E-state index contributed by atoms with van der Waals surface area (Å²) in [4.78, 5) is 35.6. The second kappa shape index (κ2) is 8.58. The van der Waals surface area contributed by atoms with Crippen molar-refractivity contribution < 1.29 is 9.59 Å². The molecule has 1 aromatic heterocycles. The smallest absolute Gasteiger partial charge is 0.322 e. The Hall–Kier alpha value is -3.13. The van der Waals surface area contributed by atoms with E-state index >= 15 is 0 Å². The second-order valence-corrected chi connectivity index (χ2v) is 10.2. The number of hydrogen-bond acceptors (Lipinski definition) is 5. The molecule has 3 heterocycles. The molecule has 5 rings (SSSR count). The SMILES string of the molecule is Cc1cc(N2CCNC(=O)C2)ncc1N1CC2(CCC(c3ccccc3)(N(C)C)CC2)NC1=O. The van der Waals surface area contributed by atoms with Crippen LogP contribution in [0.15, 0.2) is 42.6 Å².